The largest absolute Gasteiger partial charge is 0.438 e. The van der Waals surface area contributed by atoms with Crippen molar-refractivity contribution in [3.8, 4) is 11.6 Å². The number of aryl methyl sites for hydroxylation is 2. The lowest BCUT2D eigenvalue weighted by Crippen LogP contribution is -2.01. The third-order valence-corrected chi connectivity index (χ3v) is 4.11. The number of hydrogen-bond donors (Lipinski definition) is 0. The molecule has 0 saturated heterocycles. The molecule has 0 saturated carbocycles. The fourth-order valence-corrected chi connectivity index (χ4v) is 2.71. The quantitative estimate of drug-likeness (QED) is 0.657. The number of hydrogen-bond acceptors (Lipinski definition) is 2. The van der Waals surface area contributed by atoms with Crippen molar-refractivity contribution in [3.63, 3.8) is 0 Å². The standard InChI is InChI=1S/C18H22ClNO/c1-5-12(2)15-8-6-7-9-17(15)21-18-16(11-19)13(3)10-14(4)20-18/h6-10,12H,5,11H2,1-4H3. The van der Waals surface area contributed by atoms with Crippen molar-refractivity contribution in [2.45, 2.75) is 45.9 Å². The highest BCUT2D eigenvalue weighted by Crippen LogP contribution is 2.33. The molecule has 3 heteroatoms. The third kappa shape index (κ3) is 3.56. The summed E-state index contributed by atoms with van der Waals surface area (Å²) >= 11 is 6.07. The molecule has 1 heterocycles. The molecule has 0 bridgehead atoms. The van der Waals surface area contributed by atoms with Gasteiger partial charge in [-0.25, -0.2) is 4.98 Å². The molecular weight excluding hydrogens is 282 g/mol. The number of alkyl halides is 1. The molecule has 2 nitrogen and oxygen atoms in total. The van der Waals surface area contributed by atoms with Gasteiger partial charge in [0, 0.05) is 11.3 Å². The molecule has 2 rings (SSSR count). The smallest absolute Gasteiger partial charge is 0.224 e. The molecule has 0 fully saturated rings. The molecule has 0 aliphatic rings. The highest BCUT2D eigenvalue weighted by atomic mass is 35.5. The van der Waals surface area contributed by atoms with E-state index in [0.29, 0.717) is 17.7 Å². The first-order valence-corrected chi connectivity index (χ1v) is 7.90. The Balaban J connectivity index is 2.43. The second-order valence-electron chi connectivity index (χ2n) is 5.45. The summed E-state index contributed by atoms with van der Waals surface area (Å²) in [7, 11) is 0. The Labute approximate surface area is 132 Å². The van der Waals surface area contributed by atoms with Gasteiger partial charge in [-0.2, -0.15) is 0 Å². The van der Waals surface area contributed by atoms with E-state index in [2.05, 4.69) is 24.9 Å². The Morgan fingerprint density at radius 3 is 2.62 bits per heavy atom. The Morgan fingerprint density at radius 1 is 1.24 bits per heavy atom. The van der Waals surface area contributed by atoms with Crippen LogP contribution in [0.1, 0.15) is 48.6 Å². The van der Waals surface area contributed by atoms with Crippen LogP contribution in [-0.2, 0) is 5.88 Å². The number of benzene rings is 1. The highest BCUT2D eigenvalue weighted by molar-refractivity contribution is 6.17. The summed E-state index contributed by atoms with van der Waals surface area (Å²) in [4.78, 5) is 4.52. The fraction of sp³-hybridized carbons (Fsp3) is 0.389. The van der Waals surface area contributed by atoms with Gasteiger partial charge in [-0.3, -0.25) is 0 Å². The van der Waals surface area contributed by atoms with Gasteiger partial charge in [-0.15, -0.1) is 11.6 Å². The van der Waals surface area contributed by atoms with Crippen LogP contribution in [0.25, 0.3) is 0 Å². The Hall–Kier alpha value is -1.54. The summed E-state index contributed by atoms with van der Waals surface area (Å²) in [6.07, 6.45) is 1.07. The first-order valence-electron chi connectivity index (χ1n) is 7.36. The minimum Gasteiger partial charge on any atom is -0.438 e. The van der Waals surface area contributed by atoms with Gasteiger partial charge in [0.15, 0.2) is 0 Å². The number of pyridine rings is 1. The molecule has 1 aromatic heterocycles. The van der Waals surface area contributed by atoms with E-state index in [4.69, 9.17) is 16.3 Å². The minimum atomic E-state index is 0.403. The molecular formula is C18H22ClNO. The molecule has 0 spiro atoms. The maximum atomic E-state index is 6.12. The summed E-state index contributed by atoms with van der Waals surface area (Å²) in [5, 5.41) is 0. The predicted octanol–water partition coefficient (Wildman–Crippen LogP) is 5.74. The molecule has 0 N–H and O–H groups in total. The van der Waals surface area contributed by atoms with E-state index >= 15 is 0 Å². The van der Waals surface area contributed by atoms with Gasteiger partial charge in [0.05, 0.1) is 5.88 Å². The van der Waals surface area contributed by atoms with Crippen molar-refractivity contribution in [3.05, 3.63) is 52.7 Å². The van der Waals surface area contributed by atoms with Crippen molar-refractivity contribution in [2.75, 3.05) is 0 Å². The molecule has 0 aliphatic carbocycles. The predicted molar refractivity (Wildman–Crippen MR) is 88.5 cm³/mol. The number of ether oxygens (including phenoxy) is 1. The molecule has 0 radical (unpaired) electrons. The first kappa shape index (κ1) is 15.8. The van der Waals surface area contributed by atoms with Crippen molar-refractivity contribution in [1.82, 2.24) is 4.98 Å². The van der Waals surface area contributed by atoms with Gasteiger partial charge >= 0.3 is 0 Å². The molecule has 2 aromatic rings. The van der Waals surface area contributed by atoms with Crippen LogP contribution in [0.3, 0.4) is 0 Å². The van der Waals surface area contributed by atoms with E-state index in [-0.39, 0.29) is 0 Å². The van der Waals surface area contributed by atoms with E-state index in [1.165, 1.54) is 5.56 Å². The maximum absolute atomic E-state index is 6.12. The van der Waals surface area contributed by atoms with Gasteiger partial charge in [0.2, 0.25) is 5.88 Å². The van der Waals surface area contributed by atoms with E-state index in [9.17, 15) is 0 Å². The number of para-hydroxylation sites is 1. The van der Waals surface area contributed by atoms with Crippen LogP contribution >= 0.6 is 11.6 Å². The molecule has 0 amide bonds. The van der Waals surface area contributed by atoms with E-state index in [1.807, 2.05) is 38.1 Å². The molecule has 21 heavy (non-hydrogen) atoms. The molecule has 112 valence electrons. The van der Waals surface area contributed by atoms with Crippen LogP contribution in [0.2, 0.25) is 0 Å². The number of nitrogens with zero attached hydrogens (tertiary/aromatic N) is 1. The number of aromatic nitrogens is 1. The van der Waals surface area contributed by atoms with Crippen LogP contribution in [0.4, 0.5) is 0 Å². The van der Waals surface area contributed by atoms with Crippen molar-refractivity contribution < 1.29 is 4.74 Å². The monoisotopic (exact) mass is 303 g/mol. The van der Waals surface area contributed by atoms with Gasteiger partial charge in [-0.05, 0) is 49.4 Å². The lowest BCUT2D eigenvalue weighted by Gasteiger charge is -2.17. The lowest BCUT2D eigenvalue weighted by atomic mass is 9.98. The van der Waals surface area contributed by atoms with Gasteiger partial charge < -0.3 is 4.74 Å². The topological polar surface area (TPSA) is 22.1 Å². The zero-order chi connectivity index (χ0) is 15.4. The minimum absolute atomic E-state index is 0.403. The first-order chi connectivity index (χ1) is 10.1. The fourth-order valence-electron chi connectivity index (χ4n) is 2.38. The Kier molecular flexibility index (Phi) is 5.24. The summed E-state index contributed by atoms with van der Waals surface area (Å²) < 4.78 is 6.12. The van der Waals surface area contributed by atoms with Crippen LogP contribution in [0.5, 0.6) is 11.6 Å². The number of halogens is 1. The van der Waals surface area contributed by atoms with Crippen molar-refractivity contribution in [1.29, 1.82) is 0 Å². The zero-order valence-corrected chi connectivity index (χ0v) is 13.9. The summed E-state index contributed by atoms with van der Waals surface area (Å²) in [6, 6.07) is 10.2. The summed E-state index contributed by atoms with van der Waals surface area (Å²) in [5.74, 6) is 2.35. The Morgan fingerprint density at radius 2 is 1.95 bits per heavy atom. The summed E-state index contributed by atoms with van der Waals surface area (Å²) in [6.45, 7) is 8.40. The maximum Gasteiger partial charge on any atom is 0.224 e. The van der Waals surface area contributed by atoms with Crippen LogP contribution in [0.15, 0.2) is 30.3 Å². The second kappa shape index (κ2) is 6.95. The molecule has 1 unspecified atom stereocenters. The zero-order valence-electron chi connectivity index (χ0n) is 13.1. The molecule has 1 atom stereocenters. The van der Waals surface area contributed by atoms with Crippen LogP contribution in [0, 0.1) is 13.8 Å². The van der Waals surface area contributed by atoms with E-state index in [1.54, 1.807) is 0 Å². The van der Waals surface area contributed by atoms with Gasteiger partial charge in [-0.1, -0.05) is 32.0 Å². The number of rotatable bonds is 5. The second-order valence-corrected chi connectivity index (χ2v) is 5.71. The average molecular weight is 304 g/mol. The van der Waals surface area contributed by atoms with E-state index in [0.717, 1.165) is 29.0 Å². The molecule has 0 aliphatic heterocycles. The highest BCUT2D eigenvalue weighted by Gasteiger charge is 2.14. The molecule has 1 aromatic carbocycles. The Bertz CT molecular complexity index is 625. The van der Waals surface area contributed by atoms with Crippen molar-refractivity contribution in [2.24, 2.45) is 0 Å². The summed E-state index contributed by atoms with van der Waals surface area (Å²) in [5.41, 5.74) is 4.23. The van der Waals surface area contributed by atoms with E-state index < -0.39 is 0 Å². The third-order valence-electron chi connectivity index (χ3n) is 3.84. The van der Waals surface area contributed by atoms with Crippen LogP contribution < -0.4 is 4.74 Å². The lowest BCUT2D eigenvalue weighted by molar-refractivity contribution is 0.446. The SMILES string of the molecule is CCC(C)c1ccccc1Oc1nc(C)cc(C)c1CCl. The van der Waals surface area contributed by atoms with Crippen LogP contribution in [-0.4, -0.2) is 4.98 Å². The normalized spacial score (nSPS) is 12.2. The van der Waals surface area contributed by atoms with Gasteiger partial charge in [0.25, 0.3) is 0 Å². The van der Waals surface area contributed by atoms with Gasteiger partial charge in [0.1, 0.15) is 5.75 Å². The average Bonchev–Trinajstić information content (AvgIpc) is 2.46. The van der Waals surface area contributed by atoms with Crippen molar-refractivity contribution >= 4 is 11.6 Å².